The average molecular weight is 244 g/mol. The standard InChI is InChI=1S/C11H20N2O4/c1-3-12(6-7-17-2)11(16)13(8-10(14)15)9-4-5-9/h9H,3-8H2,1-2H3,(H,14,15). The molecule has 0 spiro atoms. The van der Waals surface area contributed by atoms with Crippen molar-refractivity contribution in [1.82, 2.24) is 9.80 Å². The number of amides is 2. The molecule has 0 aliphatic heterocycles. The summed E-state index contributed by atoms with van der Waals surface area (Å²) in [6.07, 6.45) is 1.81. The number of hydrogen-bond acceptors (Lipinski definition) is 3. The van der Waals surface area contributed by atoms with Crippen molar-refractivity contribution in [2.24, 2.45) is 0 Å². The van der Waals surface area contributed by atoms with Gasteiger partial charge in [-0.3, -0.25) is 4.79 Å². The van der Waals surface area contributed by atoms with E-state index >= 15 is 0 Å². The largest absolute Gasteiger partial charge is 0.480 e. The Balaban J connectivity index is 2.57. The molecule has 0 unspecified atom stereocenters. The SMILES string of the molecule is CCN(CCOC)C(=O)N(CC(=O)O)C1CC1. The van der Waals surface area contributed by atoms with E-state index in [-0.39, 0.29) is 18.6 Å². The minimum absolute atomic E-state index is 0.107. The first-order valence-electron chi connectivity index (χ1n) is 5.86. The first-order chi connectivity index (χ1) is 8.10. The minimum atomic E-state index is -0.965. The highest BCUT2D eigenvalue weighted by Crippen LogP contribution is 2.27. The van der Waals surface area contributed by atoms with E-state index in [1.807, 2.05) is 6.92 Å². The second kappa shape index (κ2) is 6.44. The van der Waals surface area contributed by atoms with Gasteiger partial charge in [-0.1, -0.05) is 0 Å². The molecule has 0 heterocycles. The van der Waals surface area contributed by atoms with Gasteiger partial charge in [0.1, 0.15) is 6.54 Å². The second-order valence-corrected chi connectivity index (χ2v) is 4.11. The summed E-state index contributed by atoms with van der Waals surface area (Å²) in [5.74, 6) is -0.965. The number of carboxylic acids is 1. The molecule has 0 bridgehead atoms. The Labute approximate surface area is 101 Å². The predicted molar refractivity (Wildman–Crippen MR) is 61.9 cm³/mol. The number of carboxylic acid groups (broad SMARTS) is 1. The van der Waals surface area contributed by atoms with Gasteiger partial charge in [0, 0.05) is 26.2 Å². The van der Waals surface area contributed by atoms with Gasteiger partial charge in [0.2, 0.25) is 0 Å². The molecule has 0 radical (unpaired) electrons. The lowest BCUT2D eigenvalue weighted by atomic mass is 10.4. The molecule has 1 fully saturated rings. The number of carbonyl (C=O) groups is 2. The lowest BCUT2D eigenvalue weighted by Gasteiger charge is -2.28. The number of likely N-dealkylation sites (N-methyl/N-ethyl adjacent to an activating group) is 1. The van der Waals surface area contributed by atoms with E-state index in [2.05, 4.69) is 0 Å². The fraction of sp³-hybridized carbons (Fsp3) is 0.818. The van der Waals surface area contributed by atoms with Crippen LogP contribution >= 0.6 is 0 Å². The Hall–Kier alpha value is -1.30. The van der Waals surface area contributed by atoms with Crippen LogP contribution in [0.2, 0.25) is 0 Å². The van der Waals surface area contributed by atoms with Gasteiger partial charge in [-0.2, -0.15) is 0 Å². The first-order valence-corrected chi connectivity index (χ1v) is 5.86. The number of methoxy groups -OCH3 is 1. The van der Waals surface area contributed by atoms with Crippen molar-refractivity contribution in [3.63, 3.8) is 0 Å². The van der Waals surface area contributed by atoms with Crippen molar-refractivity contribution in [3.8, 4) is 0 Å². The van der Waals surface area contributed by atoms with E-state index in [4.69, 9.17) is 9.84 Å². The van der Waals surface area contributed by atoms with Crippen LogP contribution in [0.25, 0.3) is 0 Å². The molecule has 0 aromatic rings. The number of rotatable bonds is 7. The zero-order valence-electron chi connectivity index (χ0n) is 10.4. The van der Waals surface area contributed by atoms with E-state index in [9.17, 15) is 9.59 Å². The van der Waals surface area contributed by atoms with Crippen molar-refractivity contribution >= 4 is 12.0 Å². The smallest absolute Gasteiger partial charge is 0.323 e. The third kappa shape index (κ3) is 4.22. The summed E-state index contributed by atoms with van der Waals surface area (Å²) in [6, 6.07) is -0.0929. The van der Waals surface area contributed by atoms with Crippen LogP contribution < -0.4 is 0 Å². The van der Waals surface area contributed by atoms with Gasteiger partial charge in [0.05, 0.1) is 6.61 Å². The Kier molecular flexibility index (Phi) is 5.21. The van der Waals surface area contributed by atoms with Crippen LogP contribution in [0, 0.1) is 0 Å². The van der Waals surface area contributed by atoms with Gasteiger partial charge in [0.15, 0.2) is 0 Å². The Morgan fingerprint density at radius 3 is 2.47 bits per heavy atom. The van der Waals surface area contributed by atoms with E-state index < -0.39 is 5.97 Å². The highest BCUT2D eigenvalue weighted by Gasteiger charge is 2.35. The van der Waals surface area contributed by atoms with E-state index in [0.717, 1.165) is 12.8 Å². The second-order valence-electron chi connectivity index (χ2n) is 4.11. The topological polar surface area (TPSA) is 70.1 Å². The van der Waals surface area contributed by atoms with Crippen LogP contribution in [-0.2, 0) is 9.53 Å². The van der Waals surface area contributed by atoms with Crippen molar-refractivity contribution in [1.29, 1.82) is 0 Å². The first kappa shape index (κ1) is 13.8. The molecular weight excluding hydrogens is 224 g/mol. The highest BCUT2D eigenvalue weighted by molar-refractivity contribution is 5.80. The van der Waals surface area contributed by atoms with E-state index in [1.54, 1.807) is 12.0 Å². The summed E-state index contributed by atoms with van der Waals surface area (Å²) >= 11 is 0. The van der Waals surface area contributed by atoms with Crippen LogP contribution in [0.15, 0.2) is 0 Å². The molecule has 1 saturated carbocycles. The quantitative estimate of drug-likeness (QED) is 0.713. The molecule has 98 valence electrons. The molecule has 17 heavy (non-hydrogen) atoms. The molecule has 1 aliphatic rings. The predicted octanol–water partition coefficient (Wildman–Crippen LogP) is 0.624. The molecule has 1 aliphatic carbocycles. The number of carbonyl (C=O) groups excluding carboxylic acids is 1. The lowest BCUT2D eigenvalue weighted by molar-refractivity contribution is -0.137. The van der Waals surface area contributed by atoms with E-state index in [0.29, 0.717) is 19.7 Å². The van der Waals surface area contributed by atoms with Crippen LogP contribution in [0.4, 0.5) is 4.79 Å². The fourth-order valence-electron chi connectivity index (χ4n) is 1.66. The summed E-state index contributed by atoms with van der Waals surface area (Å²) in [4.78, 5) is 25.9. The van der Waals surface area contributed by atoms with Crippen molar-refractivity contribution in [3.05, 3.63) is 0 Å². The maximum atomic E-state index is 12.1. The molecule has 0 aromatic heterocycles. The van der Waals surface area contributed by atoms with Crippen LogP contribution in [0.5, 0.6) is 0 Å². The molecule has 0 aromatic carbocycles. The summed E-state index contributed by atoms with van der Waals surface area (Å²) in [5.41, 5.74) is 0. The lowest BCUT2D eigenvalue weighted by Crippen LogP contribution is -2.47. The van der Waals surface area contributed by atoms with Crippen LogP contribution in [0.3, 0.4) is 0 Å². The normalized spacial score (nSPS) is 14.5. The summed E-state index contributed by atoms with van der Waals surface area (Å²) in [6.45, 7) is 3.18. The fourth-order valence-corrected chi connectivity index (χ4v) is 1.66. The Morgan fingerprint density at radius 1 is 1.41 bits per heavy atom. The molecule has 6 nitrogen and oxygen atoms in total. The summed E-state index contributed by atoms with van der Waals surface area (Å²) < 4.78 is 4.93. The van der Waals surface area contributed by atoms with Gasteiger partial charge in [-0.05, 0) is 19.8 Å². The van der Waals surface area contributed by atoms with Gasteiger partial charge in [-0.25, -0.2) is 4.79 Å². The zero-order chi connectivity index (χ0) is 12.8. The molecule has 6 heteroatoms. The Bertz CT molecular complexity index is 279. The molecule has 1 rings (SSSR count). The molecule has 2 amide bonds. The molecule has 0 atom stereocenters. The Morgan fingerprint density at radius 2 is 2.06 bits per heavy atom. The third-order valence-electron chi connectivity index (χ3n) is 2.76. The number of ether oxygens (including phenoxy) is 1. The molecule has 0 saturated heterocycles. The molecule has 1 N–H and O–H groups in total. The number of urea groups is 1. The molecular formula is C11H20N2O4. The van der Waals surface area contributed by atoms with Crippen molar-refractivity contribution in [2.75, 3.05) is 33.4 Å². The van der Waals surface area contributed by atoms with Crippen LogP contribution in [0.1, 0.15) is 19.8 Å². The summed E-state index contributed by atoms with van der Waals surface area (Å²) in [5, 5.41) is 8.80. The maximum absolute atomic E-state index is 12.1. The highest BCUT2D eigenvalue weighted by atomic mass is 16.5. The number of hydrogen-bond donors (Lipinski definition) is 1. The number of nitrogens with zero attached hydrogens (tertiary/aromatic N) is 2. The third-order valence-corrected chi connectivity index (χ3v) is 2.76. The van der Waals surface area contributed by atoms with Crippen LogP contribution in [-0.4, -0.2) is 66.3 Å². The van der Waals surface area contributed by atoms with Gasteiger partial charge in [0.25, 0.3) is 0 Å². The van der Waals surface area contributed by atoms with Crippen molar-refractivity contribution in [2.45, 2.75) is 25.8 Å². The van der Waals surface area contributed by atoms with Gasteiger partial charge >= 0.3 is 12.0 Å². The average Bonchev–Trinajstić information content (AvgIpc) is 3.10. The van der Waals surface area contributed by atoms with Crippen molar-refractivity contribution < 1.29 is 19.4 Å². The minimum Gasteiger partial charge on any atom is -0.480 e. The van der Waals surface area contributed by atoms with E-state index in [1.165, 1.54) is 4.90 Å². The van der Waals surface area contributed by atoms with Gasteiger partial charge in [-0.15, -0.1) is 0 Å². The zero-order valence-corrected chi connectivity index (χ0v) is 10.4. The summed E-state index contributed by atoms with van der Waals surface area (Å²) in [7, 11) is 1.58. The van der Waals surface area contributed by atoms with Gasteiger partial charge < -0.3 is 19.6 Å². The maximum Gasteiger partial charge on any atom is 0.323 e. The monoisotopic (exact) mass is 244 g/mol. The number of aliphatic carboxylic acids is 1.